The van der Waals surface area contributed by atoms with Crippen molar-refractivity contribution < 1.29 is 8.78 Å². The SMILES string of the molecule is Cc1c(CN(C)C)c(CN(C)C)c(C)n1-c1ccc(F)cc1F. The fourth-order valence-electron chi connectivity index (χ4n) is 3.03. The Bertz CT molecular complexity index is 669. The van der Waals surface area contributed by atoms with Gasteiger partial charge in [-0.2, -0.15) is 0 Å². The Morgan fingerprint density at radius 1 is 0.870 bits per heavy atom. The fraction of sp³-hybridized carbons (Fsp3) is 0.444. The van der Waals surface area contributed by atoms with Crippen LogP contribution in [0.2, 0.25) is 0 Å². The third kappa shape index (κ3) is 3.62. The number of hydrogen-bond donors (Lipinski definition) is 0. The smallest absolute Gasteiger partial charge is 0.150 e. The van der Waals surface area contributed by atoms with Gasteiger partial charge in [0.05, 0.1) is 5.69 Å². The molecule has 1 heterocycles. The van der Waals surface area contributed by atoms with Crippen molar-refractivity contribution >= 4 is 0 Å². The first-order chi connectivity index (χ1) is 10.7. The van der Waals surface area contributed by atoms with Gasteiger partial charge >= 0.3 is 0 Å². The van der Waals surface area contributed by atoms with E-state index in [1.807, 2.05) is 46.6 Å². The molecule has 0 unspecified atom stereocenters. The zero-order valence-corrected chi connectivity index (χ0v) is 14.7. The van der Waals surface area contributed by atoms with E-state index in [4.69, 9.17) is 0 Å². The summed E-state index contributed by atoms with van der Waals surface area (Å²) in [4.78, 5) is 4.21. The van der Waals surface area contributed by atoms with Crippen LogP contribution in [0.5, 0.6) is 0 Å². The minimum Gasteiger partial charge on any atom is -0.315 e. The van der Waals surface area contributed by atoms with E-state index >= 15 is 0 Å². The molecule has 1 aromatic carbocycles. The normalized spacial score (nSPS) is 11.7. The van der Waals surface area contributed by atoms with Gasteiger partial charge in [-0.3, -0.25) is 0 Å². The molecule has 0 N–H and O–H groups in total. The van der Waals surface area contributed by atoms with Crippen LogP contribution in [0.1, 0.15) is 22.5 Å². The van der Waals surface area contributed by atoms with Crippen LogP contribution in [0.4, 0.5) is 8.78 Å². The van der Waals surface area contributed by atoms with Crippen LogP contribution < -0.4 is 0 Å². The Morgan fingerprint density at radius 3 is 1.74 bits per heavy atom. The molecule has 0 fully saturated rings. The third-order valence-corrected chi connectivity index (χ3v) is 4.01. The number of benzene rings is 1. The highest BCUT2D eigenvalue weighted by atomic mass is 19.1. The second kappa shape index (κ2) is 6.81. The summed E-state index contributed by atoms with van der Waals surface area (Å²) in [6, 6.07) is 3.74. The zero-order chi connectivity index (χ0) is 17.3. The minimum atomic E-state index is -0.559. The first kappa shape index (κ1) is 17.6. The van der Waals surface area contributed by atoms with Gasteiger partial charge in [0.15, 0.2) is 0 Å². The monoisotopic (exact) mass is 321 g/mol. The number of hydrogen-bond acceptors (Lipinski definition) is 2. The van der Waals surface area contributed by atoms with Crippen LogP contribution in [0, 0.1) is 25.5 Å². The van der Waals surface area contributed by atoms with E-state index in [1.165, 1.54) is 23.3 Å². The van der Waals surface area contributed by atoms with Gasteiger partial charge < -0.3 is 14.4 Å². The van der Waals surface area contributed by atoms with Crippen molar-refractivity contribution in [2.75, 3.05) is 28.2 Å². The minimum absolute atomic E-state index is 0.395. The lowest BCUT2D eigenvalue weighted by Gasteiger charge is -2.15. The Labute approximate surface area is 137 Å². The summed E-state index contributed by atoms with van der Waals surface area (Å²) >= 11 is 0. The maximum absolute atomic E-state index is 14.3. The molecule has 0 amide bonds. The van der Waals surface area contributed by atoms with Crippen molar-refractivity contribution in [2.45, 2.75) is 26.9 Å². The summed E-state index contributed by atoms with van der Waals surface area (Å²) in [5, 5.41) is 0. The van der Waals surface area contributed by atoms with Gasteiger partial charge in [0.1, 0.15) is 11.6 Å². The third-order valence-electron chi connectivity index (χ3n) is 4.01. The average molecular weight is 321 g/mol. The summed E-state index contributed by atoms with van der Waals surface area (Å²) in [7, 11) is 8.07. The van der Waals surface area contributed by atoms with Gasteiger partial charge in [-0.25, -0.2) is 8.78 Å². The molecule has 0 aliphatic rings. The molecule has 0 saturated heterocycles. The second-order valence-electron chi connectivity index (χ2n) is 6.53. The maximum atomic E-state index is 14.3. The van der Waals surface area contributed by atoms with Gasteiger partial charge in [-0.1, -0.05) is 0 Å². The molecule has 0 spiro atoms. The lowest BCUT2D eigenvalue weighted by molar-refractivity contribution is 0.381. The summed E-state index contributed by atoms with van der Waals surface area (Å²) in [5.74, 6) is -1.10. The molecule has 3 nitrogen and oxygen atoms in total. The highest BCUT2D eigenvalue weighted by Crippen LogP contribution is 2.29. The number of halogens is 2. The molecule has 0 aliphatic heterocycles. The fourth-order valence-corrected chi connectivity index (χ4v) is 3.03. The van der Waals surface area contributed by atoms with E-state index in [-0.39, 0.29) is 0 Å². The summed E-state index contributed by atoms with van der Waals surface area (Å²) in [6.45, 7) is 5.55. The molecular weight excluding hydrogens is 296 g/mol. The van der Waals surface area contributed by atoms with E-state index in [0.717, 1.165) is 30.5 Å². The van der Waals surface area contributed by atoms with Crippen molar-refractivity contribution in [3.8, 4) is 5.69 Å². The molecule has 0 saturated carbocycles. The topological polar surface area (TPSA) is 11.4 Å². The molecule has 0 aliphatic carbocycles. The molecule has 23 heavy (non-hydrogen) atoms. The van der Waals surface area contributed by atoms with Gasteiger partial charge in [0.25, 0.3) is 0 Å². The molecule has 2 rings (SSSR count). The number of aromatic nitrogens is 1. The molecule has 5 heteroatoms. The summed E-state index contributed by atoms with van der Waals surface area (Å²) in [5.41, 5.74) is 4.79. The van der Waals surface area contributed by atoms with Crippen molar-refractivity contribution in [1.82, 2.24) is 14.4 Å². The summed E-state index contributed by atoms with van der Waals surface area (Å²) in [6.07, 6.45) is 0. The maximum Gasteiger partial charge on any atom is 0.150 e. The Kier molecular flexibility index (Phi) is 5.22. The highest BCUT2D eigenvalue weighted by Gasteiger charge is 2.21. The Hall–Kier alpha value is -1.72. The zero-order valence-electron chi connectivity index (χ0n) is 14.7. The standard InChI is InChI=1S/C18H25F2N3/c1-12-15(10-21(3)4)16(11-22(5)6)13(2)23(12)18-8-7-14(19)9-17(18)20/h7-9H,10-11H2,1-6H3. The molecule has 1 aromatic heterocycles. The molecule has 0 atom stereocenters. The van der Waals surface area contributed by atoms with Crippen molar-refractivity contribution in [3.05, 3.63) is 52.3 Å². The van der Waals surface area contributed by atoms with Gasteiger partial charge in [-0.15, -0.1) is 0 Å². The van der Waals surface area contributed by atoms with Crippen molar-refractivity contribution in [1.29, 1.82) is 0 Å². The van der Waals surface area contributed by atoms with E-state index in [2.05, 4.69) is 9.80 Å². The first-order valence-corrected chi connectivity index (χ1v) is 7.67. The largest absolute Gasteiger partial charge is 0.315 e. The predicted molar refractivity (Wildman–Crippen MR) is 89.9 cm³/mol. The second-order valence-corrected chi connectivity index (χ2v) is 6.53. The summed E-state index contributed by atoms with van der Waals surface area (Å²) < 4.78 is 29.4. The lowest BCUT2D eigenvalue weighted by atomic mass is 10.1. The molecule has 0 bridgehead atoms. The van der Waals surface area contributed by atoms with Crippen LogP contribution in [0.25, 0.3) is 5.69 Å². The van der Waals surface area contributed by atoms with Crippen molar-refractivity contribution in [3.63, 3.8) is 0 Å². The number of nitrogens with zero attached hydrogens (tertiary/aromatic N) is 3. The van der Waals surface area contributed by atoms with Crippen LogP contribution in [-0.2, 0) is 13.1 Å². The molecular formula is C18H25F2N3. The van der Waals surface area contributed by atoms with E-state index in [1.54, 1.807) is 0 Å². The molecule has 0 radical (unpaired) electrons. The van der Waals surface area contributed by atoms with Crippen molar-refractivity contribution in [2.24, 2.45) is 0 Å². The Balaban J connectivity index is 2.66. The average Bonchev–Trinajstić information content (AvgIpc) is 2.63. The van der Waals surface area contributed by atoms with Crippen LogP contribution in [0.3, 0.4) is 0 Å². The van der Waals surface area contributed by atoms with Gasteiger partial charge in [-0.05, 0) is 65.3 Å². The quantitative estimate of drug-likeness (QED) is 0.835. The molecule has 2 aromatic rings. The van der Waals surface area contributed by atoms with E-state index < -0.39 is 11.6 Å². The predicted octanol–water partition coefficient (Wildman–Crippen LogP) is 3.50. The van der Waals surface area contributed by atoms with Gasteiger partial charge in [0, 0.05) is 30.5 Å². The van der Waals surface area contributed by atoms with E-state index in [0.29, 0.717) is 5.69 Å². The van der Waals surface area contributed by atoms with Crippen LogP contribution in [-0.4, -0.2) is 42.6 Å². The molecule has 126 valence electrons. The van der Waals surface area contributed by atoms with Crippen LogP contribution in [0.15, 0.2) is 18.2 Å². The Morgan fingerprint density at radius 2 is 1.35 bits per heavy atom. The van der Waals surface area contributed by atoms with E-state index in [9.17, 15) is 8.78 Å². The van der Waals surface area contributed by atoms with Crippen LogP contribution >= 0.6 is 0 Å². The first-order valence-electron chi connectivity index (χ1n) is 7.67. The van der Waals surface area contributed by atoms with Gasteiger partial charge in [0.2, 0.25) is 0 Å². The highest BCUT2D eigenvalue weighted by molar-refractivity contribution is 5.47. The number of rotatable bonds is 5. The lowest BCUT2D eigenvalue weighted by Crippen LogP contribution is -2.16.